The van der Waals surface area contributed by atoms with Crippen molar-refractivity contribution in [3.63, 3.8) is 0 Å². The SMILES string of the molecule is Cc1ccc(NC(=O)CN(CCCN)Cc2ccccc2)cc1Cl. The van der Waals surface area contributed by atoms with Crippen LogP contribution in [-0.2, 0) is 11.3 Å². The van der Waals surface area contributed by atoms with Crippen molar-refractivity contribution in [2.24, 2.45) is 5.73 Å². The van der Waals surface area contributed by atoms with Crippen LogP contribution in [0.3, 0.4) is 0 Å². The lowest BCUT2D eigenvalue weighted by Crippen LogP contribution is -2.34. The molecular weight excluding hydrogens is 322 g/mol. The van der Waals surface area contributed by atoms with Gasteiger partial charge in [0.15, 0.2) is 0 Å². The maximum absolute atomic E-state index is 12.3. The number of halogens is 1. The summed E-state index contributed by atoms with van der Waals surface area (Å²) in [5.74, 6) is -0.0529. The molecule has 0 aliphatic heterocycles. The molecule has 0 heterocycles. The number of hydrogen-bond donors (Lipinski definition) is 2. The molecule has 0 unspecified atom stereocenters. The monoisotopic (exact) mass is 345 g/mol. The molecule has 0 aromatic heterocycles. The van der Waals surface area contributed by atoms with E-state index >= 15 is 0 Å². The Hall–Kier alpha value is -1.88. The van der Waals surface area contributed by atoms with Crippen molar-refractivity contribution in [2.45, 2.75) is 19.9 Å². The Morgan fingerprint density at radius 3 is 2.62 bits per heavy atom. The molecule has 0 saturated carbocycles. The Bertz CT molecular complexity index is 661. The Kier molecular flexibility index (Phi) is 7.25. The van der Waals surface area contributed by atoms with Gasteiger partial charge in [-0.15, -0.1) is 0 Å². The van der Waals surface area contributed by atoms with Gasteiger partial charge in [-0.2, -0.15) is 0 Å². The van der Waals surface area contributed by atoms with Gasteiger partial charge >= 0.3 is 0 Å². The second kappa shape index (κ2) is 9.42. The summed E-state index contributed by atoms with van der Waals surface area (Å²) in [7, 11) is 0. The van der Waals surface area contributed by atoms with Crippen molar-refractivity contribution in [1.82, 2.24) is 4.90 Å². The average molecular weight is 346 g/mol. The fraction of sp³-hybridized carbons (Fsp3) is 0.316. The molecule has 0 spiro atoms. The third-order valence-electron chi connectivity index (χ3n) is 3.75. The van der Waals surface area contributed by atoms with Crippen molar-refractivity contribution in [1.29, 1.82) is 0 Å². The number of nitrogens with two attached hydrogens (primary N) is 1. The van der Waals surface area contributed by atoms with Crippen molar-refractivity contribution in [2.75, 3.05) is 25.0 Å². The Morgan fingerprint density at radius 2 is 1.96 bits per heavy atom. The quantitative estimate of drug-likeness (QED) is 0.770. The molecule has 0 atom stereocenters. The zero-order chi connectivity index (χ0) is 17.4. The van der Waals surface area contributed by atoms with Gasteiger partial charge in [-0.3, -0.25) is 9.69 Å². The first-order chi connectivity index (χ1) is 11.6. The highest BCUT2D eigenvalue weighted by Crippen LogP contribution is 2.20. The summed E-state index contributed by atoms with van der Waals surface area (Å²) < 4.78 is 0. The van der Waals surface area contributed by atoms with E-state index in [1.165, 1.54) is 5.56 Å². The number of hydrogen-bond acceptors (Lipinski definition) is 3. The number of carbonyl (C=O) groups is 1. The third kappa shape index (κ3) is 5.96. The lowest BCUT2D eigenvalue weighted by molar-refractivity contribution is -0.117. The number of anilines is 1. The molecule has 2 aromatic carbocycles. The fourth-order valence-corrected chi connectivity index (χ4v) is 2.63. The first-order valence-corrected chi connectivity index (χ1v) is 8.48. The van der Waals surface area contributed by atoms with Crippen LogP contribution in [0.15, 0.2) is 48.5 Å². The van der Waals surface area contributed by atoms with Crippen LogP contribution in [0.25, 0.3) is 0 Å². The highest BCUT2D eigenvalue weighted by atomic mass is 35.5. The summed E-state index contributed by atoms with van der Waals surface area (Å²) in [6.45, 7) is 4.37. The van der Waals surface area contributed by atoms with Crippen LogP contribution >= 0.6 is 11.6 Å². The smallest absolute Gasteiger partial charge is 0.238 e. The van der Waals surface area contributed by atoms with Crippen molar-refractivity contribution in [3.05, 3.63) is 64.7 Å². The largest absolute Gasteiger partial charge is 0.330 e. The maximum Gasteiger partial charge on any atom is 0.238 e. The molecule has 5 heteroatoms. The third-order valence-corrected chi connectivity index (χ3v) is 4.16. The number of nitrogens with one attached hydrogen (secondary N) is 1. The van der Waals surface area contributed by atoms with E-state index in [4.69, 9.17) is 17.3 Å². The number of nitrogens with zero attached hydrogens (tertiary/aromatic N) is 1. The molecule has 0 radical (unpaired) electrons. The van der Waals surface area contributed by atoms with Gasteiger partial charge in [-0.25, -0.2) is 0 Å². The van der Waals surface area contributed by atoms with E-state index in [0.717, 1.165) is 25.1 Å². The minimum absolute atomic E-state index is 0.0529. The van der Waals surface area contributed by atoms with Crippen LogP contribution in [0, 0.1) is 6.92 Å². The van der Waals surface area contributed by atoms with Gasteiger partial charge in [-0.05, 0) is 43.1 Å². The van der Waals surface area contributed by atoms with Gasteiger partial charge in [0.05, 0.1) is 6.54 Å². The molecule has 4 nitrogen and oxygen atoms in total. The molecule has 2 rings (SSSR count). The normalized spacial score (nSPS) is 10.8. The van der Waals surface area contributed by atoms with Gasteiger partial charge in [0.1, 0.15) is 0 Å². The molecule has 2 aromatic rings. The van der Waals surface area contributed by atoms with Gasteiger partial charge < -0.3 is 11.1 Å². The van der Waals surface area contributed by atoms with Crippen LogP contribution in [-0.4, -0.2) is 30.4 Å². The van der Waals surface area contributed by atoms with Crippen LogP contribution in [0.2, 0.25) is 5.02 Å². The second-order valence-corrected chi connectivity index (χ2v) is 6.26. The topological polar surface area (TPSA) is 58.4 Å². The lowest BCUT2D eigenvalue weighted by atomic mass is 10.2. The number of rotatable bonds is 8. The molecule has 0 aliphatic rings. The van der Waals surface area contributed by atoms with Crippen molar-refractivity contribution in [3.8, 4) is 0 Å². The highest BCUT2D eigenvalue weighted by Gasteiger charge is 2.12. The summed E-state index contributed by atoms with van der Waals surface area (Å²) in [6.07, 6.45) is 0.858. The maximum atomic E-state index is 12.3. The molecule has 24 heavy (non-hydrogen) atoms. The molecular formula is C19H24ClN3O. The van der Waals surface area contributed by atoms with E-state index in [-0.39, 0.29) is 5.91 Å². The first-order valence-electron chi connectivity index (χ1n) is 8.11. The van der Waals surface area contributed by atoms with Crippen LogP contribution in [0.5, 0.6) is 0 Å². The number of amides is 1. The van der Waals surface area contributed by atoms with E-state index in [2.05, 4.69) is 22.3 Å². The second-order valence-electron chi connectivity index (χ2n) is 5.85. The van der Waals surface area contributed by atoms with Gasteiger partial charge in [0.25, 0.3) is 0 Å². The van der Waals surface area contributed by atoms with Crippen LogP contribution < -0.4 is 11.1 Å². The van der Waals surface area contributed by atoms with E-state index < -0.39 is 0 Å². The fourth-order valence-electron chi connectivity index (χ4n) is 2.44. The predicted octanol–water partition coefficient (Wildman–Crippen LogP) is 3.44. The molecule has 1 amide bonds. The molecule has 0 fully saturated rings. The molecule has 0 aliphatic carbocycles. The molecule has 3 N–H and O–H groups in total. The summed E-state index contributed by atoms with van der Waals surface area (Å²) >= 11 is 6.10. The Morgan fingerprint density at radius 1 is 1.21 bits per heavy atom. The van der Waals surface area contributed by atoms with E-state index in [0.29, 0.717) is 23.8 Å². The zero-order valence-electron chi connectivity index (χ0n) is 14.0. The Balaban J connectivity index is 1.96. The standard InChI is InChI=1S/C19H24ClN3O/c1-15-8-9-17(12-18(15)20)22-19(24)14-23(11-5-10-21)13-16-6-3-2-4-7-16/h2-4,6-9,12H,5,10-11,13-14,21H2,1H3,(H,22,24). The number of carbonyl (C=O) groups excluding carboxylic acids is 1. The summed E-state index contributed by atoms with van der Waals surface area (Å²) in [6, 6.07) is 15.7. The van der Waals surface area contributed by atoms with Gasteiger partial charge in [0.2, 0.25) is 5.91 Å². The van der Waals surface area contributed by atoms with E-state index in [1.807, 2.05) is 37.3 Å². The van der Waals surface area contributed by atoms with Crippen LogP contribution in [0.1, 0.15) is 17.5 Å². The van der Waals surface area contributed by atoms with E-state index in [9.17, 15) is 4.79 Å². The molecule has 0 bridgehead atoms. The summed E-state index contributed by atoms with van der Waals surface area (Å²) in [5.41, 5.74) is 8.50. The van der Waals surface area contributed by atoms with Crippen molar-refractivity contribution >= 4 is 23.2 Å². The predicted molar refractivity (Wildman–Crippen MR) is 100 cm³/mol. The number of benzene rings is 2. The van der Waals surface area contributed by atoms with Gasteiger partial charge in [-0.1, -0.05) is 48.0 Å². The lowest BCUT2D eigenvalue weighted by Gasteiger charge is -2.21. The minimum Gasteiger partial charge on any atom is -0.330 e. The van der Waals surface area contributed by atoms with Crippen LogP contribution in [0.4, 0.5) is 5.69 Å². The minimum atomic E-state index is -0.0529. The first kappa shape index (κ1) is 18.5. The molecule has 128 valence electrons. The summed E-state index contributed by atoms with van der Waals surface area (Å²) in [5, 5.41) is 3.56. The van der Waals surface area contributed by atoms with Crippen molar-refractivity contribution < 1.29 is 4.79 Å². The zero-order valence-corrected chi connectivity index (χ0v) is 14.7. The molecule has 0 saturated heterocycles. The highest BCUT2D eigenvalue weighted by molar-refractivity contribution is 6.31. The average Bonchev–Trinajstić information content (AvgIpc) is 2.57. The van der Waals surface area contributed by atoms with Gasteiger partial charge in [0, 0.05) is 23.8 Å². The summed E-state index contributed by atoms with van der Waals surface area (Å²) in [4.78, 5) is 14.4. The number of aryl methyl sites for hydroxylation is 1. The van der Waals surface area contributed by atoms with E-state index in [1.54, 1.807) is 6.07 Å². The Labute approximate surface area is 148 Å².